The number of alkyl halides is 3. The molecule has 0 aliphatic carbocycles. The van der Waals surface area contributed by atoms with Crippen LogP contribution in [0.15, 0.2) is 53.6 Å². The van der Waals surface area contributed by atoms with E-state index in [0.717, 1.165) is 4.90 Å². The molecule has 0 spiro atoms. The molecule has 30 heavy (non-hydrogen) atoms. The quantitative estimate of drug-likeness (QED) is 0.607. The fourth-order valence-corrected chi connectivity index (χ4v) is 3.47. The Bertz CT molecular complexity index is 1100. The van der Waals surface area contributed by atoms with Crippen molar-refractivity contribution in [3.63, 3.8) is 0 Å². The first-order valence-electron chi connectivity index (χ1n) is 9.30. The van der Waals surface area contributed by atoms with Crippen LogP contribution in [0.4, 0.5) is 23.5 Å². The van der Waals surface area contributed by atoms with Gasteiger partial charge in [-0.25, -0.2) is 19.0 Å². The molecule has 10 heteroatoms. The number of aromatic nitrogens is 4. The maximum absolute atomic E-state index is 13.4. The van der Waals surface area contributed by atoms with E-state index in [1.807, 2.05) is 0 Å². The van der Waals surface area contributed by atoms with Crippen LogP contribution in [0.25, 0.3) is 11.3 Å². The Kier molecular flexibility index (Phi) is 5.23. The van der Waals surface area contributed by atoms with Gasteiger partial charge in [0.1, 0.15) is 11.9 Å². The molecule has 2 aromatic heterocycles. The van der Waals surface area contributed by atoms with Gasteiger partial charge in [0.05, 0.1) is 12.2 Å². The fourth-order valence-electron chi connectivity index (χ4n) is 3.47. The lowest BCUT2D eigenvalue weighted by molar-refractivity contribution is -0.146. The van der Waals surface area contributed by atoms with E-state index in [-0.39, 0.29) is 31.0 Å². The third-order valence-electron chi connectivity index (χ3n) is 4.91. The van der Waals surface area contributed by atoms with Crippen LogP contribution >= 0.6 is 0 Å². The second kappa shape index (κ2) is 7.85. The van der Waals surface area contributed by atoms with E-state index < -0.39 is 18.0 Å². The van der Waals surface area contributed by atoms with Crippen molar-refractivity contribution < 1.29 is 17.6 Å². The Balaban J connectivity index is 1.58. The van der Waals surface area contributed by atoms with Crippen LogP contribution in [-0.4, -0.2) is 38.5 Å². The third kappa shape index (κ3) is 4.17. The molecule has 0 saturated carbocycles. The average molecular weight is 419 g/mol. The van der Waals surface area contributed by atoms with Crippen LogP contribution in [0.3, 0.4) is 0 Å². The van der Waals surface area contributed by atoms with E-state index in [1.165, 1.54) is 41.3 Å². The molecular weight excluding hydrogens is 402 g/mol. The van der Waals surface area contributed by atoms with Gasteiger partial charge >= 0.3 is 6.18 Å². The minimum Gasteiger partial charge on any atom is -0.329 e. The van der Waals surface area contributed by atoms with Crippen molar-refractivity contribution in [2.24, 2.45) is 0 Å². The first-order valence-corrected chi connectivity index (χ1v) is 9.30. The Morgan fingerprint density at radius 1 is 1.10 bits per heavy atom. The Labute approximate surface area is 168 Å². The zero-order chi connectivity index (χ0) is 21.3. The van der Waals surface area contributed by atoms with Crippen LogP contribution in [-0.2, 0) is 6.54 Å². The third-order valence-corrected chi connectivity index (χ3v) is 4.91. The molecule has 3 heterocycles. The van der Waals surface area contributed by atoms with Crippen molar-refractivity contribution in [1.82, 2.24) is 19.7 Å². The van der Waals surface area contributed by atoms with Gasteiger partial charge in [0.2, 0.25) is 5.95 Å². The molecule has 1 aliphatic rings. The Morgan fingerprint density at radius 3 is 2.57 bits per heavy atom. The summed E-state index contributed by atoms with van der Waals surface area (Å²) in [5.41, 5.74) is 1.03. The zero-order valence-corrected chi connectivity index (χ0v) is 15.7. The van der Waals surface area contributed by atoms with E-state index in [0.29, 0.717) is 23.2 Å². The first kappa shape index (κ1) is 20.0. The monoisotopic (exact) mass is 419 g/mol. The minimum absolute atomic E-state index is 0.00616. The molecule has 0 bridgehead atoms. The standard InChI is InChI=1S/C20H17F4N5O/c21-15-4-1-3-13(9-15)12-29-18(30)7-6-16(27-29)14-10-25-19(26-11-14)28-8-2-5-17(28)20(22,23)24/h1,3-4,6-7,9-11,17H,2,5,8,12H2/t17-/m1/s1. The molecular formula is C20H17F4N5O. The summed E-state index contributed by atoms with van der Waals surface area (Å²) >= 11 is 0. The molecule has 1 fully saturated rings. The van der Waals surface area contributed by atoms with Gasteiger partial charge < -0.3 is 4.90 Å². The predicted octanol–water partition coefficient (Wildman–Crippen LogP) is 3.42. The number of halogens is 4. The summed E-state index contributed by atoms with van der Waals surface area (Å²) in [6.07, 6.45) is -1.14. The van der Waals surface area contributed by atoms with Crippen LogP contribution in [0, 0.1) is 5.82 Å². The van der Waals surface area contributed by atoms with Gasteiger partial charge in [0.15, 0.2) is 0 Å². The van der Waals surface area contributed by atoms with Gasteiger partial charge in [0.25, 0.3) is 5.56 Å². The minimum atomic E-state index is -4.34. The summed E-state index contributed by atoms with van der Waals surface area (Å²) in [4.78, 5) is 21.4. The van der Waals surface area contributed by atoms with E-state index in [4.69, 9.17) is 0 Å². The highest BCUT2D eigenvalue weighted by Crippen LogP contribution is 2.34. The maximum Gasteiger partial charge on any atom is 0.408 e. The molecule has 1 aromatic carbocycles. The molecule has 6 nitrogen and oxygen atoms in total. The van der Waals surface area contributed by atoms with Gasteiger partial charge in [0, 0.05) is 30.6 Å². The lowest BCUT2D eigenvalue weighted by atomic mass is 10.2. The van der Waals surface area contributed by atoms with Gasteiger partial charge in [-0.1, -0.05) is 12.1 Å². The summed E-state index contributed by atoms with van der Waals surface area (Å²) in [5.74, 6) is -0.411. The largest absolute Gasteiger partial charge is 0.408 e. The number of anilines is 1. The molecule has 0 amide bonds. The van der Waals surface area contributed by atoms with Crippen molar-refractivity contribution in [1.29, 1.82) is 0 Å². The van der Waals surface area contributed by atoms with Crippen LogP contribution < -0.4 is 10.5 Å². The summed E-state index contributed by atoms with van der Waals surface area (Å²) < 4.78 is 54.1. The van der Waals surface area contributed by atoms with Gasteiger partial charge in [-0.3, -0.25) is 4.79 Å². The van der Waals surface area contributed by atoms with Gasteiger partial charge in [-0.15, -0.1) is 0 Å². The number of hydrogen-bond donors (Lipinski definition) is 0. The number of rotatable bonds is 4. The summed E-state index contributed by atoms with van der Waals surface area (Å²) in [5, 5.41) is 4.26. The molecule has 0 radical (unpaired) electrons. The lowest BCUT2D eigenvalue weighted by Gasteiger charge is -2.26. The zero-order valence-electron chi connectivity index (χ0n) is 15.7. The fraction of sp³-hybridized carbons (Fsp3) is 0.300. The van der Waals surface area contributed by atoms with Crippen LogP contribution in [0.2, 0.25) is 0 Å². The lowest BCUT2D eigenvalue weighted by Crippen LogP contribution is -2.42. The number of benzene rings is 1. The highest BCUT2D eigenvalue weighted by atomic mass is 19.4. The number of hydrogen-bond acceptors (Lipinski definition) is 5. The van der Waals surface area contributed by atoms with Crippen molar-refractivity contribution in [2.75, 3.05) is 11.4 Å². The van der Waals surface area contributed by atoms with Crippen molar-refractivity contribution >= 4 is 5.95 Å². The summed E-state index contributed by atoms with van der Waals surface area (Å²) in [6.45, 7) is 0.310. The van der Waals surface area contributed by atoms with Crippen molar-refractivity contribution in [3.8, 4) is 11.3 Å². The predicted molar refractivity (Wildman–Crippen MR) is 101 cm³/mol. The molecule has 4 rings (SSSR count). The van der Waals surface area contributed by atoms with Crippen LogP contribution in [0.5, 0.6) is 0 Å². The Morgan fingerprint density at radius 2 is 1.87 bits per heavy atom. The molecule has 1 aliphatic heterocycles. The first-order chi connectivity index (χ1) is 14.3. The maximum atomic E-state index is 13.4. The molecule has 1 atom stereocenters. The van der Waals surface area contributed by atoms with Crippen molar-refractivity contribution in [2.45, 2.75) is 31.6 Å². The number of nitrogens with zero attached hydrogens (tertiary/aromatic N) is 5. The summed E-state index contributed by atoms with van der Waals surface area (Å²) in [6, 6.07) is 7.04. The second-order valence-corrected chi connectivity index (χ2v) is 7.01. The SMILES string of the molecule is O=c1ccc(-c2cnc(N3CCC[C@@H]3C(F)(F)F)nc2)nn1Cc1cccc(F)c1. The smallest absolute Gasteiger partial charge is 0.329 e. The van der Waals surface area contributed by atoms with Crippen LogP contribution in [0.1, 0.15) is 18.4 Å². The normalized spacial score (nSPS) is 16.8. The topological polar surface area (TPSA) is 63.9 Å². The van der Waals surface area contributed by atoms with E-state index >= 15 is 0 Å². The molecule has 0 N–H and O–H groups in total. The van der Waals surface area contributed by atoms with E-state index in [9.17, 15) is 22.4 Å². The Hall–Kier alpha value is -3.30. The van der Waals surface area contributed by atoms with E-state index in [1.54, 1.807) is 12.1 Å². The molecule has 0 unspecified atom stereocenters. The van der Waals surface area contributed by atoms with Gasteiger partial charge in [-0.2, -0.15) is 18.3 Å². The van der Waals surface area contributed by atoms with E-state index in [2.05, 4.69) is 15.1 Å². The second-order valence-electron chi connectivity index (χ2n) is 7.01. The van der Waals surface area contributed by atoms with Gasteiger partial charge in [-0.05, 0) is 36.6 Å². The summed E-state index contributed by atoms with van der Waals surface area (Å²) in [7, 11) is 0. The highest BCUT2D eigenvalue weighted by Gasteiger charge is 2.46. The average Bonchev–Trinajstić information content (AvgIpc) is 3.20. The molecule has 156 valence electrons. The molecule has 3 aromatic rings. The van der Waals surface area contributed by atoms with Crippen molar-refractivity contribution in [3.05, 3.63) is 70.5 Å². The molecule has 1 saturated heterocycles. The highest BCUT2D eigenvalue weighted by molar-refractivity contribution is 5.56.